The third-order valence-corrected chi connectivity index (χ3v) is 2.31. The van der Waals surface area contributed by atoms with Crippen molar-refractivity contribution in [1.82, 2.24) is 20.5 Å². The third-order valence-electron chi connectivity index (χ3n) is 1.96. The van der Waals surface area contributed by atoms with Gasteiger partial charge in [0.2, 0.25) is 4.73 Å². The minimum absolute atomic E-state index is 0.131. The average molecular weight is 281 g/mol. The molecule has 16 heavy (non-hydrogen) atoms. The van der Waals surface area contributed by atoms with Crippen LogP contribution in [0.2, 0.25) is 0 Å². The summed E-state index contributed by atoms with van der Waals surface area (Å²) >= 11 is 3.12. The van der Waals surface area contributed by atoms with Gasteiger partial charge in [0.25, 0.3) is 5.91 Å². The second-order valence-electron chi connectivity index (χ2n) is 3.10. The van der Waals surface area contributed by atoms with Crippen LogP contribution in [-0.2, 0) is 6.54 Å². The molecule has 0 aliphatic heterocycles. The van der Waals surface area contributed by atoms with Crippen LogP contribution in [0.5, 0.6) is 0 Å². The molecule has 0 saturated heterocycles. The number of halogens is 1. The van der Waals surface area contributed by atoms with E-state index in [0.717, 1.165) is 0 Å². The molecule has 1 amide bonds. The molecule has 5 nitrogen and oxygen atoms in total. The highest BCUT2D eigenvalue weighted by Crippen LogP contribution is 2.01. The van der Waals surface area contributed by atoms with Crippen molar-refractivity contribution in [2.75, 3.05) is 0 Å². The van der Waals surface area contributed by atoms with Crippen molar-refractivity contribution in [3.8, 4) is 0 Å². The van der Waals surface area contributed by atoms with Crippen LogP contribution in [-0.4, -0.2) is 21.1 Å². The highest BCUT2D eigenvalue weighted by Gasteiger charge is 2.05. The Balaban J connectivity index is 1.94. The standard InChI is InChI=1S/C10H9BrN4O/c11-10-13-8(14-15-10)6-12-9(16)7-4-2-1-3-5-7/h1-5H,6H2,(H,12,16)(H,13,14,15). The van der Waals surface area contributed by atoms with Gasteiger partial charge in [0, 0.05) is 5.56 Å². The highest BCUT2D eigenvalue weighted by molar-refractivity contribution is 9.10. The first-order valence-electron chi connectivity index (χ1n) is 4.66. The Morgan fingerprint density at radius 1 is 1.38 bits per heavy atom. The van der Waals surface area contributed by atoms with Crippen LogP contribution >= 0.6 is 15.9 Å². The van der Waals surface area contributed by atoms with E-state index in [1.807, 2.05) is 18.2 Å². The maximum atomic E-state index is 11.6. The van der Waals surface area contributed by atoms with Gasteiger partial charge < -0.3 is 5.32 Å². The summed E-state index contributed by atoms with van der Waals surface area (Å²) in [5, 5.41) is 9.22. The van der Waals surface area contributed by atoms with E-state index in [9.17, 15) is 4.79 Å². The number of hydrogen-bond donors (Lipinski definition) is 2. The van der Waals surface area contributed by atoms with Gasteiger partial charge in [-0.15, -0.1) is 5.10 Å². The first kappa shape index (κ1) is 10.8. The first-order chi connectivity index (χ1) is 7.75. The minimum atomic E-state index is -0.131. The molecule has 2 rings (SSSR count). The Bertz CT molecular complexity index is 483. The normalized spacial score (nSPS) is 10.1. The summed E-state index contributed by atoms with van der Waals surface area (Å²) in [4.78, 5) is 15.7. The summed E-state index contributed by atoms with van der Waals surface area (Å²) in [6.07, 6.45) is 0. The lowest BCUT2D eigenvalue weighted by molar-refractivity contribution is 0.0950. The molecule has 0 atom stereocenters. The zero-order valence-electron chi connectivity index (χ0n) is 8.27. The summed E-state index contributed by atoms with van der Waals surface area (Å²) in [6, 6.07) is 9.02. The van der Waals surface area contributed by atoms with Gasteiger partial charge in [0.05, 0.1) is 6.54 Å². The van der Waals surface area contributed by atoms with E-state index in [2.05, 4.69) is 36.4 Å². The van der Waals surface area contributed by atoms with Crippen molar-refractivity contribution in [1.29, 1.82) is 0 Å². The fourth-order valence-electron chi connectivity index (χ4n) is 1.21. The van der Waals surface area contributed by atoms with Gasteiger partial charge in [-0.3, -0.25) is 9.89 Å². The molecule has 0 unspecified atom stereocenters. The van der Waals surface area contributed by atoms with E-state index in [4.69, 9.17) is 0 Å². The minimum Gasteiger partial charge on any atom is -0.345 e. The number of hydrogen-bond acceptors (Lipinski definition) is 3. The number of aromatic amines is 1. The predicted octanol–water partition coefficient (Wildman–Crippen LogP) is 1.50. The Morgan fingerprint density at radius 3 is 2.75 bits per heavy atom. The fourth-order valence-corrected chi connectivity index (χ4v) is 1.51. The maximum Gasteiger partial charge on any atom is 0.251 e. The Labute approximate surface area is 100 Å². The van der Waals surface area contributed by atoms with Crippen molar-refractivity contribution in [2.45, 2.75) is 6.54 Å². The molecule has 0 spiro atoms. The van der Waals surface area contributed by atoms with Crippen molar-refractivity contribution in [3.05, 3.63) is 46.5 Å². The summed E-state index contributed by atoms with van der Waals surface area (Å²) in [6.45, 7) is 0.326. The van der Waals surface area contributed by atoms with Gasteiger partial charge >= 0.3 is 0 Å². The van der Waals surface area contributed by atoms with E-state index in [-0.39, 0.29) is 5.91 Å². The van der Waals surface area contributed by atoms with Crippen molar-refractivity contribution >= 4 is 21.8 Å². The molecule has 1 aromatic carbocycles. The molecule has 82 valence electrons. The summed E-state index contributed by atoms with van der Waals surface area (Å²) < 4.78 is 0.483. The number of carbonyl (C=O) groups is 1. The van der Waals surface area contributed by atoms with Crippen LogP contribution in [0.1, 0.15) is 16.2 Å². The molecule has 1 heterocycles. The topological polar surface area (TPSA) is 70.7 Å². The van der Waals surface area contributed by atoms with Gasteiger partial charge in [-0.05, 0) is 28.1 Å². The first-order valence-corrected chi connectivity index (χ1v) is 5.45. The lowest BCUT2D eigenvalue weighted by atomic mass is 10.2. The van der Waals surface area contributed by atoms with Gasteiger partial charge in [-0.25, -0.2) is 4.98 Å². The largest absolute Gasteiger partial charge is 0.345 e. The lowest BCUT2D eigenvalue weighted by Crippen LogP contribution is -2.23. The molecule has 0 aliphatic rings. The smallest absolute Gasteiger partial charge is 0.251 e. The molecule has 0 fully saturated rings. The SMILES string of the molecule is O=C(NCc1nc(Br)n[nH]1)c1ccccc1. The van der Waals surface area contributed by atoms with E-state index in [1.165, 1.54) is 0 Å². The van der Waals surface area contributed by atoms with Crippen LogP contribution in [0.15, 0.2) is 35.1 Å². The molecule has 0 aliphatic carbocycles. The summed E-state index contributed by atoms with van der Waals surface area (Å²) in [7, 11) is 0. The van der Waals surface area contributed by atoms with Crippen molar-refractivity contribution < 1.29 is 4.79 Å². The summed E-state index contributed by atoms with van der Waals surface area (Å²) in [5.74, 6) is 0.476. The number of rotatable bonds is 3. The molecule has 0 bridgehead atoms. The second kappa shape index (κ2) is 4.89. The molecule has 0 saturated carbocycles. The lowest BCUT2D eigenvalue weighted by Gasteiger charge is -2.01. The predicted molar refractivity (Wildman–Crippen MR) is 61.7 cm³/mol. The van der Waals surface area contributed by atoms with E-state index in [1.54, 1.807) is 12.1 Å². The van der Waals surface area contributed by atoms with E-state index >= 15 is 0 Å². The summed E-state index contributed by atoms with van der Waals surface area (Å²) in [5.41, 5.74) is 0.626. The van der Waals surface area contributed by atoms with Crippen LogP contribution in [0.3, 0.4) is 0 Å². The molecule has 0 radical (unpaired) electrons. The number of H-pyrrole nitrogens is 1. The van der Waals surface area contributed by atoms with E-state index in [0.29, 0.717) is 22.7 Å². The van der Waals surface area contributed by atoms with Crippen molar-refractivity contribution in [2.24, 2.45) is 0 Å². The third kappa shape index (κ3) is 2.66. The Kier molecular flexibility index (Phi) is 3.31. The number of benzene rings is 1. The number of nitrogens with zero attached hydrogens (tertiary/aromatic N) is 2. The van der Waals surface area contributed by atoms with Gasteiger partial charge in [0.15, 0.2) is 0 Å². The molecule has 2 N–H and O–H groups in total. The van der Waals surface area contributed by atoms with Crippen LogP contribution in [0.25, 0.3) is 0 Å². The average Bonchev–Trinajstić information content (AvgIpc) is 2.73. The monoisotopic (exact) mass is 280 g/mol. The fraction of sp³-hybridized carbons (Fsp3) is 0.100. The van der Waals surface area contributed by atoms with E-state index < -0.39 is 0 Å². The van der Waals surface area contributed by atoms with Gasteiger partial charge in [-0.2, -0.15) is 0 Å². The molecular formula is C10H9BrN4O. The quantitative estimate of drug-likeness (QED) is 0.895. The zero-order chi connectivity index (χ0) is 11.4. The number of aromatic nitrogens is 3. The zero-order valence-corrected chi connectivity index (χ0v) is 9.86. The molecular weight excluding hydrogens is 272 g/mol. The molecule has 2 aromatic rings. The highest BCUT2D eigenvalue weighted by atomic mass is 79.9. The molecule has 6 heteroatoms. The number of amides is 1. The Morgan fingerprint density at radius 2 is 2.12 bits per heavy atom. The Hall–Kier alpha value is -1.69. The number of nitrogens with one attached hydrogen (secondary N) is 2. The van der Waals surface area contributed by atoms with Crippen LogP contribution in [0.4, 0.5) is 0 Å². The van der Waals surface area contributed by atoms with Crippen LogP contribution < -0.4 is 5.32 Å². The molecule has 1 aromatic heterocycles. The van der Waals surface area contributed by atoms with Crippen LogP contribution in [0, 0.1) is 0 Å². The van der Waals surface area contributed by atoms with Gasteiger partial charge in [-0.1, -0.05) is 18.2 Å². The number of carbonyl (C=O) groups excluding carboxylic acids is 1. The second-order valence-corrected chi connectivity index (χ2v) is 3.81. The van der Waals surface area contributed by atoms with Crippen molar-refractivity contribution in [3.63, 3.8) is 0 Å². The maximum absolute atomic E-state index is 11.6. The van der Waals surface area contributed by atoms with Gasteiger partial charge in [0.1, 0.15) is 5.82 Å².